The molecule has 0 fully saturated rings. The van der Waals surface area contributed by atoms with Gasteiger partial charge in [0, 0.05) is 43.0 Å². The van der Waals surface area contributed by atoms with Gasteiger partial charge < -0.3 is 26.0 Å². The molecule has 0 radical (unpaired) electrons. The summed E-state index contributed by atoms with van der Waals surface area (Å²) >= 11 is 0. The molecule has 2 aromatic rings. The molecule has 0 atom stereocenters. The van der Waals surface area contributed by atoms with Crippen LogP contribution in [-0.2, 0) is 4.79 Å². The molecule has 4 N–H and O–H groups in total. The topological polar surface area (TPSA) is 109 Å². The molecule has 2 rings (SSSR count). The van der Waals surface area contributed by atoms with Crippen molar-refractivity contribution in [1.82, 2.24) is 10.6 Å². The number of nitrogens with one attached hydrogen (secondary N) is 4. The van der Waals surface area contributed by atoms with Crippen molar-refractivity contribution in [3.05, 3.63) is 54.1 Å². The van der Waals surface area contributed by atoms with Crippen molar-refractivity contribution >= 4 is 29.2 Å². The maximum atomic E-state index is 12.1. The van der Waals surface area contributed by atoms with Gasteiger partial charge in [-0.15, -0.1) is 0 Å². The van der Waals surface area contributed by atoms with Crippen molar-refractivity contribution in [3.63, 3.8) is 0 Å². The number of methoxy groups -OCH3 is 1. The van der Waals surface area contributed by atoms with E-state index < -0.39 is 6.03 Å². The van der Waals surface area contributed by atoms with E-state index in [2.05, 4.69) is 21.3 Å². The average Bonchev–Trinajstić information content (AvgIpc) is 2.65. The van der Waals surface area contributed by atoms with Crippen LogP contribution in [0.15, 0.2) is 48.5 Å². The number of hydrogen-bond acceptors (Lipinski definition) is 4. The molecule has 0 aromatic heterocycles. The Morgan fingerprint density at radius 3 is 2.22 bits per heavy atom. The first-order chi connectivity index (χ1) is 13.0. The number of carbonyl (C=O) groups is 3. The molecule has 0 heterocycles. The summed E-state index contributed by atoms with van der Waals surface area (Å²) in [6.45, 7) is 2.12. The van der Waals surface area contributed by atoms with Crippen LogP contribution in [0, 0.1) is 0 Å². The molecule has 8 nitrogen and oxygen atoms in total. The second-order valence-electron chi connectivity index (χ2n) is 5.63. The number of rotatable bonds is 7. The van der Waals surface area contributed by atoms with Gasteiger partial charge in [-0.3, -0.25) is 9.59 Å². The second-order valence-corrected chi connectivity index (χ2v) is 5.63. The lowest BCUT2D eigenvalue weighted by Gasteiger charge is -2.10. The fourth-order valence-electron chi connectivity index (χ4n) is 2.22. The van der Waals surface area contributed by atoms with Gasteiger partial charge in [0.2, 0.25) is 5.91 Å². The summed E-state index contributed by atoms with van der Waals surface area (Å²) in [5, 5.41) is 10.7. The molecular weight excluding hydrogens is 348 g/mol. The first kappa shape index (κ1) is 19.8. The van der Waals surface area contributed by atoms with Gasteiger partial charge in [-0.05, 0) is 36.4 Å². The predicted octanol–water partition coefficient (Wildman–Crippen LogP) is 2.21. The number of ether oxygens (including phenoxy) is 1. The molecule has 0 saturated heterocycles. The summed E-state index contributed by atoms with van der Waals surface area (Å²) in [5.41, 5.74) is 1.60. The molecule has 0 aliphatic rings. The molecule has 4 amide bonds. The number of anilines is 2. The van der Waals surface area contributed by atoms with Crippen LogP contribution in [0.25, 0.3) is 0 Å². The minimum atomic E-state index is -0.407. The van der Waals surface area contributed by atoms with E-state index >= 15 is 0 Å². The standard InChI is InChI=1S/C19H22N4O4/c1-13(24)20-10-11-21-18(25)14-6-8-15(9-7-14)22-19(26)23-16-4-3-5-17(12-16)27-2/h3-9,12H,10-11H2,1-2H3,(H,20,24)(H,21,25)(H2,22,23,26). The molecule has 0 unspecified atom stereocenters. The van der Waals surface area contributed by atoms with Crippen LogP contribution in [0.3, 0.4) is 0 Å². The highest BCUT2D eigenvalue weighted by atomic mass is 16.5. The van der Waals surface area contributed by atoms with Crippen molar-refractivity contribution in [2.45, 2.75) is 6.92 Å². The Morgan fingerprint density at radius 2 is 1.56 bits per heavy atom. The summed E-state index contributed by atoms with van der Waals surface area (Å²) in [6, 6.07) is 13.1. The van der Waals surface area contributed by atoms with E-state index in [0.717, 1.165) is 0 Å². The van der Waals surface area contributed by atoms with E-state index in [1.807, 2.05) is 0 Å². The number of hydrogen-bond donors (Lipinski definition) is 4. The molecule has 27 heavy (non-hydrogen) atoms. The molecule has 0 spiro atoms. The van der Waals surface area contributed by atoms with Gasteiger partial charge in [0.1, 0.15) is 5.75 Å². The van der Waals surface area contributed by atoms with E-state index in [9.17, 15) is 14.4 Å². The SMILES string of the molecule is COc1cccc(NC(=O)Nc2ccc(C(=O)NCCNC(C)=O)cc2)c1. The minimum absolute atomic E-state index is 0.146. The van der Waals surface area contributed by atoms with E-state index in [0.29, 0.717) is 35.8 Å². The first-order valence-corrected chi connectivity index (χ1v) is 8.32. The van der Waals surface area contributed by atoms with Gasteiger partial charge in [0.15, 0.2) is 0 Å². The quantitative estimate of drug-likeness (QED) is 0.560. The zero-order chi connectivity index (χ0) is 19.6. The van der Waals surface area contributed by atoms with Crippen LogP contribution >= 0.6 is 0 Å². The van der Waals surface area contributed by atoms with Gasteiger partial charge >= 0.3 is 6.03 Å². The summed E-state index contributed by atoms with van der Waals surface area (Å²) in [7, 11) is 1.55. The Morgan fingerprint density at radius 1 is 0.889 bits per heavy atom. The largest absolute Gasteiger partial charge is 0.497 e. The van der Waals surface area contributed by atoms with Crippen LogP contribution < -0.4 is 26.0 Å². The van der Waals surface area contributed by atoms with Gasteiger partial charge in [0.05, 0.1) is 7.11 Å². The highest BCUT2D eigenvalue weighted by molar-refractivity contribution is 6.00. The van der Waals surface area contributed by atoms with Gasteiger partial charge in [-0.25, -0.2) is 4.79 Å². The molecule has 0 saturated carbocycles. The second kappa shape index (κ2) is 9.81. The zero-order valence-electron chi connectivity index (χ0n) is 15.2. The first-order valence-electron chi connectivity index (χ1n) is 8.32. The van der Waals surface area contributed by atoms with E-state index in [4.69, 9.17) is 4.74 Å². The van der Waals surface area contributed by atoms with E-state index in [1.54, 1.807) is 55.6 Å². The molecule has 142 valence electrons. The highest BCUT2D eigenvalue weighted by Crippen LogP contribution is 2.17. The van der Waals surface area contributed by atoms with Crippen molar-refractivity contribution in [2.24, 2.45) is 0 Å². The van der Waals surface area contributed by atoms with Crippen LogP contribution in [0.4, 0.5) is 16.2 Å². The Bertz CT molecular complexity index is 806. The van der Waals surface area contributed by atoms with Crippen LogP contribution in [0.1, 0.15) is 17.3 Å². The Kier molecular flexibility index (Phi) is 7.18. The third kappa shape index (κ3) is 6.69. The monoisotopic (exact) mass is 370 g/mol. The zero-order valence-corrected chi connectivity index (χ0v) is 15.2. The lowest BCUT2D eigenvalue weighted by atomic mass is 10.2. The molecule has 0 aliphatic carbocycles. The molecule has 2 aromatic carbocycles. The van der Waals surface area contributed by atoms with Crippen molar-refractivity contribution in [3.8, 4) is 5.75 Å². The summed E-state index contributed by atoms with van der Waals surface area (Å²) in [4.78, 5) is 34.8. The van der Waals surface area contributed by atoms with Gasteiger partial charge in [-0.1, -0.05) is 6.07 Å². The third-order valence-corrected chi connectivity index (χ3v) is 3.52. The Balaban J connectivity index is 1.84. The summed E-state index contributed by atoms with van der Waals surface area (Å²) in [6.07, 6.45) is 0. The Hall–Kier alpha value is -3.55. The van der Waals surface area contributed by atoms with Crippen molar-refractivity contribution in [1.29, 1.82) is 0 Å². The minimum Gasteiger partial charge on any atom is -0.497 e. The molecule has 0 bridgehead atoms. The fourth-order valence-corrected chi connectivity index (χ4v) is 2.22. The van der Waals surface area contributed by atoms with Crippen molar-refractivity contribution in [2.75, 3.05) is 30.8 Å². The lowest BCUT2D eigenvalue weighted by molar-refractivity contribution is -0.118. The van der Waals surface area contributed by atoms with Gasteiger partial charge in [-0.2, -0.15) is 0 Å². The number of carbonyl (C=O) groups excluding carboxylic acids is 3. The maximum Gasteiger partial charge on any atom is 0.323 e. The average molecular weight is 370 g/mol. The van der Waals surface area contributed by atoms with Crippen LogP contribution in [-0.4, -0.2) is 38.0 Å². The number of benzene rings is 2. The summed E-state index contributed by atoms with van der Waals surface area (Å²) < 4.78 is 5.11. The van der Waals surface area contributed by atoms with Crippen LogP contribution in [0.2, 0.25) is 0 Å². The van der Waals surface area contributed by atoms with E-state index in [1.165, 1.54) is 6.92 Å². The predicted molar refractivity (Wildman–Crippen MR) is 103 cm³/mol. The molecule has 0 aliphatic heterocycles. The van der Waals surface area contributed by atoms with Crippen molar-refractivity contribution < 1.29 is 19.1 Å². The Labute approximate surface area is 157 Å². The third-order valence-electron chi connectivity index (χ3n) is 3.52. The molecular formula is C19H22N4O4. The normalized spacial score (nSPS) is 9.85. The van der Waals surface area contributed by atoms with Crippen LogP contribution in [0.5, 0.6) is 5.75 Å². The molecule has 8 heteroatoms. The van der Waals surface area contributed by atoms with Gasteiger partial charge in [0.25, 0.3) is 5.91 Å². The maximum absolute atomic E-state index is 12.1. The van der Waals surface area contributed by atoms with E-state index in [-0.39, 0.29) is 11.8 Å². The number of urea groups is 1. The lowest BCUT2D eigenvalue weighted by Crippen LogP contribution is -2.33. The fraction of sp³-hybridized carbons (Fsp3) is 0.211. The summed E-state index contributed by atoms with van der Waals surface area (Å²) in [5.74, 6) is 0.237. The number of amides is 4. The highest BCUT2D eigenvalue weighted by Gasteiger charge is 2.07. The smallest absolute Gasteiger partial charge is 0.323 e.